The van der Waals surface area contributed by atoms with Crippen molar-refractivity contribution in [1.82, 2.24) is 0 Å². The lowest BCUT2D eigenvalue weighted by molar-refractivity contribution is -0.131. The van der Waals surface area contributed by atoms with Gasteiger partial charge in [-0.2, -0.15) is 5.26 Å². The first-order valence-corrected chi connectivity index (χ1v) is 12.7. The predicted molar refractivity (Wildman–Crippen MR) is 140 cm³/mol. The standard InChI is InChI=1S/C30H29N3O4/c1-29-13-14-30(37-29,15-16-36-21-8-6-7-20(17-21)32(2)3)26-25(29)27(34)33(28(26)35)24-12-11-19(18-31)22-9-4-5-10-23(22)24/h4-12,17,25-26H,13-16H2,1-3H3/t25-,26+,29-,30-/m1/s1. The molecule has 2 amide bonds. The Morgan fingerprint density at radius 1 is 1.03 bits per heavy atom. The Balaban J connectivity index is 1.30. The Kier molecular flexibility index (Phi) is 5.29. The molecule has 37 heavy (non-hydrogen) atoms. The van der Waals surface area contributed by atoms with Gasteiger partial charge in [0.25, 0.3) is 0 Å². The Morgan fingerprint density at radius 3 is 2.54 bits per heavy atom. The minimum Gasteiger partial charge on any atom is -0.493 e. The van der Waals surface area contributed by atoms with E-state index in [0.717, 1.165) is 28.6 Å². The fourth-order valence-corrected chi connectivity index (χ4v) is 6.62. The van der Waals surface area contributed by atoms with Gasteiger partial charge >= 0.3 is 0 Å². The van der Waals surface area contributed by atoms with Crippen LogP contribution in [-0.2, 0) is 14.3 Å². The van der Waals surface area contributed by atoms with Crippen molar-refractivity contribution < 1.29 is 19.1 Å². The van der Waals surface area contributed by atoms with Crippen LogP contribution >= 0.6 is 0 Å². The second kappa shape index (κ2) is 8.32. The van der Waals surface area contributed by atoms with E-state index in [1.54, 1.807) is 12.1 Å². The van der Waals surface area contributed by atoms with Crippen LogP contribution < -0.4 is 14.5 Å². The summed E-state index contributed by atoms with van der Waals surface area (Å²) in [5, 5.41) is 11.0. The highest BCUT2D eigenvalue weighted by Crippen LogP contribution is 2.62. The zero-order valence-electron chi connectivity index (χ0n) is 21.2. The van der Waals surface area contributed by atoms with Crippen molar-refractivity contribution in [3.63, 3.8) is 0 Å². The number of rotatable bonds is 6. The fraction of sp³-hybridized carbons (Fsp3) is 0.367. The molecule has 3 heterocycles. The molecule has 4 atom stereocenters. The molecule has 3 fully saturated rings. The van der Waals surface area contributed by atoms with Crippen molar-refractivity contribution in [3.05, 3.63) is 66.2 Å². The zero-order valence-corrected chi connectivity index (χ0v) is 21.2. The first kappa shape index (κ1) is 23.5. The molecule has 0 aliphatic carbocycles. The summed E-state index contributed by atoms with van der Waals surface area (Å²) in [6.45, 7) is 2.35. The average Bonchev–Trinajstić information content (AvgIpc) is 3.48. The van der Waals surface area contributed by atoms with Crippen LogP contribution in [0.25, 0.3) is 10.8 Å². The van der Waals surface area contributed by atoms with Gasteiger partial charge in [-0.1, -0.05) is 30.3 Å². The normalized spacial score (nSPS) is 28.0. The lowest BCUT2D eigenvalue weighted by Gasteiger charge is -2.31. The van der Waals surface area contributed by atoms with Crippen LogP contribution in [0.4, 0.5) is 11.4 Å². The molecule has 3 aromatic rings. The Morgan fingerprint density at radius 2 is 1.78 bits per heavy atom. The SMILES string of the molecule is CN(C)c1cccc(OCC[C@@]23CC[C@@](C)(O2)[C@H]2C(=O)N(c4ccc(C#N)c5ccccc45)C(=O)[C@H]23)c1. The maximum Gasteiger partial charge on any atom is 0.240 e. The van der Waals surface area contributed by atoms with Crippen LogP contribution in [0.5, 0.6) is 5.75 Å². The first-order chi connectivity index (χ1) is 17.8. The molecule has 3 aromatic carbocycles. The number of carbonyl (C=O) groups excluding carboxylic acids is 2. The lowest BCUT2D eigenvalue weighted by Crippen LogP contribution is -2.43. The Hall–Kier alpha value is -3.89. The monoisotopic (exact) mass is 495 g/mol. The molecule has 0 radical (unpaired) electrons. The van der Waals surface area contributed by atoms with Crippen LogP contribution in [0.1, 0.15) is 31.7 Å². The summed E-state index contributed by atoms with van der Waals surface area (Å²) in [4.78, 5) is 31.2. The molecule has 188 valence electrons. The topological polar surface area (TPSA) is 82.9 Å². The third-order valence-electron chi connectivity index (χ3n) is 8.40. The summed E-state index contributed by atoms with van der Waals surface area (Å²) >= 11 is 0. The molecule has 0 unspecified atom stereocenters. The molecule has 3 aliphatic heterocycles. The number of imide groups is 1. The number of fused-ring (bicyclic) bond motifs is 6. The van der Waals surface area contributed by atoms with E-state index in [-0.39, 0.29) is 11.8 Å². The second-order valence-corrected chi connectivity index (χ2v) is 10.7. The molecular formula is C30H29N3O4. The number of hydrogen-bond donors (Lipinski definition) is 0. The van der Waals surface area contributed by atoms with Crippen molar-refractivity contribution in [2.24, 2.45) is 11.8 Å². The molecule has 7 nitrogen and oxygen atoms in total. The first-order valence-electron chi connectivity index (χ1n) is 12.7. The van der Waals surface area contributed by atoms with Gasteiger partial charge in [-0.05, 0) is 44.0 Å². The van der Waals surface area contributed by atoms with Crippen molar-refractivity contribution in [2.45, 2.75) is 37.4 Å². The third-order valence-corrected chi connectivity index (χ3v) is 8.40. The average molecular weight is 496 g/mol. The van der Waals surface area contributed by atoms with Crippen molar-refractivity contribution in [3.8, 4) is 11.8 Å². The van der Waals surface area contributed by atoms with E-state index < -0.39 is 23.0 Å². The van der Waals surface area contributed by atoms with E-state index in [9.17, 15) is 14.9 Å². The number of ether oxygens (including phenoxy) is 2. The van der Waals surface area contributed by atoms with E-state index in [4.69, 9.17) is 9.47 Å². The highest BCUT2D eigenvalue weighted by Gasteiger charge is 2.73. The number of nitrogens with zero attached hydrogens (tertiary/aromatic N) is 3. The number of anilines is 2. The maximum atomic E-state index is 14.0. The number of carbonyl (C=O) groups is 2. The smallest absolute Gasteiger partial charge is 0.240 e. The van der Waals surface area contributed by atoms with E-state index in [0.29, 0.717) is 30.7 Å². The van der Waals surface area contributed by atoms with Crippen LogP contribution in [0.15, 0.2) is 60.7 Å². The molecule has 3 saturated heterocycles. The molecule has 7 heteroatoms. The fourth-order valence-electron chi connectivity index (χ4n) is 6.62. The summed E-state index contributed by atoms with van der Waals surface area (Å²) in [7, 11) is 3.96. The van der Waals surface area contributed by atoms with Gasteiger partial charge in [0.15, 0.2) is 0 Å². The summed E-state index contributed by atoms with van der Waals surface area (Å²) in [6, 6.07) is 20.9. The summed E-state index contributed by atoms with van der Waals surface area (Å²) in [6.07, 6.45) is 1.97. The molecule has 6 rings (SSSR count). The van der Waals surface area contributed by atoms with E-state index in [1.165, 1.54) is 4.90 Å². The number of nitriles is 1. The highest BCUT2D eigenvalue weighted by atomic mass is 16.5. The highest BCUT2D eigenvalue weighted by molar-refractivity contribution is 6.26. The van der Waals surface area contributed by atoms with Gasteiger partial charge in [-0.3, -0.25) is 9.59 Å². The minimum absolute atomic E-state index is 0.214. The van der Waals surface area contributed by atoms with Crippen molar-refractivity contribution in [2.75, 3.05) is 30.5 Å². The van der Waals surface area contributed by atoms with Gasteiger partial charge in [0.1, 0.15) is 5.75 Å². The maximum absolute atomic E-state index is 14.0. The summed E-state index contributed by atoms with van der Waals surface area (Å²) < 4.78 is 12.7. The Labute approximate surface area is 216 Å². The molecule has 0 N–H and O–H groups in total. The second-order valence-electron chi connectivity index (χ2n) is 10.7. The van der Waals surface area contributed by atoms with Crippen molar-refractivity contribution in [1.29, 1.82) is 5.26 Å². The van der Waals surface area contributed by atoms with E-state index in [1.807, 2.05) is 74.4 Å². The van der Waals surface area contributed by atoms with Crippen LogP contribution in [0, 0.1) is 23.2 Å². The van der Waals surface area contributed by atoms with E-state index in [2.05, 4.69) is 6.07 Å². The van der Waals surface area contributed by atoms with Crippen LogP contribution in [0.2, 0.25) is 0 Å². The van der Waals surface area contributed by atoms with Crippen LogP contribution in [-0.4, -0.2) is 43.7 Å². The van der Waals surface area contributed by atoms with Gasteiger partial charge in [-0.25, -0.2) is 4.90 Å². The van der Waals surface area contributed by atoms with Gasteiger partial charge in [-0.15, -0.1) is 0 Å². The molecule has 2 bridgehead atoms. The minimum atomic E-state index is -0.734. The van der Waals surface area contributed by atoms with Gasteiger partial charge < -0.3 is 14.4 Å². The van der Waals surface area contributed by atoms with Crippen LogP contribution in [0.3, 0.4) is 0 Å². The molecule has 0 saturated carbocycles. The quantitative estimate of drug-likeness (QED) is 0.462. The molecular weight excluding hydrogens is 466 g/mol. The summed E-state index contributed by atoms with van der Waals surface area (Å²) in [5.41, 5.74) is 0.681. The number of benzene rings is 3. The predicted octanol–water partition coefficient (Wildman–Crippen LogP) is 4.67. The lowest BCUT2D eigenvalue weighted by atomic mass is 9.67. The molecule has 0 spiro atoms. The zero-order chi connectivity index (χ0) is 25.9. The third kappa shape index (κ3) is 3.43. The van der Waals surface area contributed by atoms with E-state index >= 15 is 0 Å². The summed E-state index contributed by atoms with van der Waals surface area (Å²) in [5.74, 6) is -0.751. The molecule has 3 aliphatic rings. The number of amides is 2. The van der Waals surface area contributed by atoms with Gasteiger partial charge in [0, 0.05) is 43.0 Å². The van der Waals surface area contributed by atoms with Gasteiger partial charge in [0.2, 0.25) is 11.8 Å². The number of hydrogen-bond acceptors (Lipinski definition) is 6. The molecule has 0 aromatic heterocycles. The van der Waals surface area contributed by atoms with Gasteiger partial charge in [0.05, 0.1) is 47.0 Å². The largest absolute Gasteiger partial charge is 0.493 e. The van der Waals surface area contributed by atoms with Crippen molar-refractivity contribution >= 4 is 34.0 Å². The Bertz CT molecular complexity index is 1480.